The van der Waals surface area contributed by atoms with Crippen molar-refractivity contribution in [2.75, 3.05) is 31.6 Å². The normalized spacial score (nSPS) is 11.2. The number of benzene rings is 2. The van der Waals surface area contributed by atoms with Crippen molar-refractivity contribution in [3.8, 4) is 0 Å². The van der Waals surface area contributed by atoms with Crippen LogP contribution in [0.3, 0.4) is 0 Å². The van der Waals surface area contributed by atoms with E-state index in [0.29, 0.717) is 12.1 Å². The number of anilines is 1. The fourth-order valence-corrected chi connectivity index (χ4v) is 4.18. The van der Waals surface area contributed by atoms with Crippen LogP contribution >= 0.6 is 0 Å². The molecular weight excluding hydrogens is 374 g/mol. The molecule has 2 rings (SSSR count). The summed E-state index contributed by atoms with van der Waals surface area (Å²) in [6, 6.07) is 15.3. The number of nitrogens with one attached hydrogen (secondary N) is 2. The highest BCUT2D eigenvalue weighted by atomic mass is 32.2. The second-order valence-corrected chi connectivity index (χ2v) is 8.61. The molecule has 6 nitrogen and oxygen atoms in total. The Morgan fingerprint density at radius 1 is 1.04 bits per heavy atom. The van der Waals surface area contributed by atoms with E-state index in [1.807, 2.05) is 50.4 Å². The molecule has 28 heavy (non-hydrogen) atoms. The van der Waals surface area contributed by atoms with E-state index in [0.717, 1.165) is 24.2 Å². The largest absolute Gasteiger partial charge is 0.375 e. The number of aryl methyl sites for hydroxylation is 2. The first kappa shape index (κ1) is 21.9. The van der Waals surface area contributed by atoms with Crippen molar-refractivity contribution in [1.29, 1.82) is 0 Å². The van der Waals surface area contributed by atoms with E-state index in [1.165, 1.54) is 0 Å². The third-order valence-corrected chi connectivity index (χ3v) is 6.07. The van der Waals surface area contributed by atoms with Gasteiger partial charge in [0, 0.05) is 38.8 Å². The van der Waals surface area contributed by atoms with Crippen molar-refractivity contribution in [3.63, 3.8) is 0 Å². The van der Waals surface area contributed by atoms with Gasteiger partial charge in [-0.3, -0.25) is 4.79 Å². The molecule has 1 amide bonds. The molecule has 0 unspecified atom stereocenters. The lowest BCUT2D eigenvalue weighted by atomic mass is 10.2. The van der Waals surface area contributed by atoms with Gasteiger partial charge in [-0.25, -0.2) is 13.1 Å². The minimum Gasteiger partial charge on any atom is -0.375 e. The van der Waals surface area contributed by atoms with Gasteiger partial charge >= 0.3 is 0 Å². The van der Waals surface area contributed by atoms with Crippen LogP contribution in [0.5, 0.6) is 0 Å². The number of rotatable bonds is 10. The standard InChI is InChI=1S/C21H29N3O3S/c1-17-10-11-18(2)20(16-17)28(26,27)23-14-12-21(25)22-13-7-15-24(3)19-8-5-4-6-9-19/h4-6,8-11,16,23H,7,12-15H2,1-3H3,(H,22,25). The Labute approximate surface area is 168 Å². The van der Waals surface area contributed by atoms with Crippen LogP contribution in [-0.4, -0.2) is 41.0 Å². The molecule has 0 spiro atoms. The zero-order valence-electron chi connectivity index (χ0n) is 16.7. The highest BCUT2D eigenvalue weighted by Gasteiger charge is 2.16. The second-order valence-electron chi connectivity index (χ2n) is 6.88. The SMILES string of the molecule is Cc1ccc(C)c(S(=O)(=O)NCCC(=O)NCCCN(C)c2ccccc2)c1. The van der Waals surface area contributed by atoms with Gasteiger partial charge in [0.2, 0.25) is 15.9 Å². The van der Waals surface area contributed by atoms with Gasteiger partial charge < -0.3 is 10.2 Å². The van der Waals surface area contributed by atoms with Gasteiger partial charge in [-0.15, -0.1) is 0 Å². The Bertz CT molecular complexity index is 883. The summed E-state index contributed by atoms with van der Waals surface area (Å²) in [7, 11) is -1.60. The molecule has 0 bridgehead atoms. The molecule has 0 aliphatic heterocycles. The quantitative estimate of drug-likeness (QED) is 0.598. The molecule has 2 N–H and O–H groups in total. The van der Waals surface area contributed by atoms with E-state index in [2.05, 4.69) is 14.9 Å². The Balaban J connectivity index is 1.69. The van der Waals surface area contributed by atoms with E-state index >= 15 is 0 Å². The Morgan fingerprint density at radius 2 is 1.75 bits per heavy atom. The van der Waals surface area contributed by atoms with Crippen molar-refractivity contribution in [3.05, 3.63) is 59.7 Å². The highest BCUT2D eigenvalue weighted by Crippen LogP contribution is 2.16. The zero-order chi connectivity index (χ0) is 20.6. The molecule has 7 heteroatoms. The van der Waals surface area contributed by atoms with Crippen molar-refractivity contribution >= 4 is 21.6 Å². The lowest BCUT2D eigenvalue weighted by Gasteiger charge is -2.19. The second kappa shape index (κ2) is 10.2. The fraction of sp³-hybridized carbons (Fsp3) is 0.381. The van der Waals surface area contributed by atoms with E-state index < -0.39 is 10.0 Å². The maximum absolute atomic E-state index is 12.4. The number of carbonyl (C=O) groups is 1. The summed E-state index contributed by atoms with van der Waals surface area (Å²) in [5, 5.41) is 2.84. The lowest BCUT2D eigenvalue weighted by Crippen LogP contribution is -2.32. The first-order chi connectivity index (χ1) is 13.3. The molecule has 0 fully saturated rings. The number of amides is 1. The third-order valence-electron chi connectivity index (χ3n) is 4.47. The molecule has 0 aliphatic rings. The molecular formula is C21H29N3O3S. The summed E-state index contributed by atoms with van der Waals surface area (Å²) >= 11 is 0. The minimum absolute atomic E-state index is 0.0749. The van der Waals surface area contributed by atoms with Crippen molar-refractivity contribution in [2.45, 2.75) is 31.6 Å². The van der Waals surface area contributed by atoms with Crippen LogP contribution in [-0.2, 0) is 14.8 Å². The van der Waals surface area contributed by atoms with Gasteiger partial charge in [0.05, 0.1) is 4.90 Å². The van der Waals surface area contributed by atoms with Gasteiger partial charge in [-0.2, -0.15) is 0 Å². The molecule has 0 heterocycles. The molecule has 0 aliphatic carbocycles. The number of hydrogen-bond donors (Lipinski definition) is 2. The number of hydrogen-bond acceptors (Lipinski definition) is 4. The zero-order valence-corrected chi connectivity index (χ0v) is 17.6. The smallest absolute Gasteiger partial charge is 0.240 e. The summed E-state index contributed by atoms with van der Waals surface area (Å²) in [4.78, 5) is 14.3. The summed E-state index contributed by atoms with van der Waals surface area (Å²) in [5.74, 6) is -0.161. The maximum Gasteiger partial charge on any atom is 0.240 e. The topological polar surface area (TPSA) is 78.5 Å². The Hall–Kier alpha value is -2.38. The van der Waals surface area contributed by atoms with Gasteiger partial charge in [0.1, 0.15) is 0 Å². The summed E-state index contributed by atoms with van der Waals surface area (Å²) in [6.07, 6.45) is 0.921. The van der Waals surface area contributed by atoms with Gasteiger partial charge in [0.15, 0.2) is 0 Å². The number of nitrogens with zero attached hydrogens (tertiary/aromatic N) is 1. The van der Waals surface area contributed by atoms with Crippen LogP contribution in [0.25, 0.3) is 0 Å². The van der Waals surface area contributed by atoms with Crippen LogP contribution < -0.4 is 14.9 Å². The van der Waals surface area contributed by atoms with Crippen molar-refractivity contribution < 1.29 is 13.2 Å². The monoisotopic (exact) mass is 403 g/mol. The molecule has 0 radical (unpaired) electrons. The number of para-hydroxylation sites is 1. The Morgan fingerprint density at radius 3 is 2.46 bits per heavy atom. The molecule has 0 saturated heterocycles. The lowest BCUT2D eigenvalue weighted by molar-refractivity contribution is -0.120. The summed E-state index contributed by atoms with van der Waals surface area (Å²) in [5.41, 5.74) is 2.70. The molecule has 0 saturated carbocycles. The minimum atomic E-state index is -3.61. The van der Waals surface area contributed by atoms with Crippen LogP contribution in [0.4, 0.5) is 5.69 Å². The predicted octanol–water partition coefficient (Wildman–Crippen LogP) is 2.61. The Kier molecular flexibility index (Phi) is 8.02. The maximum atomic E-state index is 12.4. The first-order valence-corrected chi connectivity index (χ1v) is 10.9. The number of sulfonamides is 1. The average molecular weight is 404 g/mol. The molecule has 2 aromatic carbocycles. The van der Waals surface area contributed by atoms with E-state index in [4.69, 9.17) is 0 Å². The molecule has 152 valence electrons. The average Bonchev–Trinajstić information content (AvgIpc) is 2.67. The fourth-order valence-electron chi connectivity index (χ4n) is 2.82. The number of carbonyl (C=O) groups excluding carboxylic acids is 1. The van der Waals surface area contributed by atoms with Crippen molar-refractivity contribution in [2.24, 2.45) is 0 Å². The van der Waals surface area contributed by atoms with Crippen LogP contribution in [0.1, 0.15) is 24.0 Å². The van der Waals surface area contributed by atoms with Gasteiger partial charge in [-0.05, 0) is 49.6 Å². The first-order valence-electron chi connectivity index (χ1n) is 9.39. The third kappa shape index (κ3) is 6.65. The van der Waals surface area contributed by atoms with E-state index in [9.17, 15) is 13.2 Å². The highest BCUT2D eigenvalue weighted by molar-refractivity contribution is 7.89. The van der Waals surface area contributed by atoms with Gasteiger partial charge in [0.25, 0.3) is 0 Å². The van der Waals surface area contributed by atoms with Crippen molar-refractivity contribution in [1.82, 2.24) is 10.0 Å². The summed E-state index contributed by atoms with van der Waals surface area (Å²) < 4.78 is 27.3. The van der Waals surface area contributed by atoms with Gasteiger partial charge in [-0.1, -0.05) is 30.3 Å². The van der Waals surface area contributed by atoms with E-state index in [-0.39, 0.29) is 23.8 Å². The molecule has 0 atom stereocenters. The molecule has 2 aromatic rings. The van der Waals surface area contributed by atoms with E-state index in [1.54, 1.807) is 19.1 Å². The van der Waals surface area contributed by atoms with Crippen LogP contribution in [0.15, 0.2) is 53.4 Å². The molecule has 0 aromatic heterocycles. The predicted molar refractivity (Wildman–Crippen MR) is 113 cm³/mol. The van der Waals surface area contributed by atoms with Crippen LogP contribution in [0.2, 0.25) is 0 Å². The van der Waals surface area contributed by atoms with Crippen LogP contribution in [0, 0.1) is 13.8 Å². The summed E-state index contributed by atoms with van der Waals surface area (Å²) in [6.45, 7) is 5.06.